The summed E-state index contributed by atoms with van der Waals surface area (Å²) in [6.07, 6.45) is 1.52. The number of hydrazine groups is 1. The van der Waals surface area contributed by atoms with E-state index in [2.05, 4.69) is 15.8 Å². The van der Waals surface area contributed by atoms with Crippen LogP contribution in [0.5, 0.6) is 0 Å². The molecule has 70 valence electrons. The van der Waals surface area contributed by atoms with Gasteiger partial charge in [-0.2, -0.15) is 0 Å². The average molecular weight is 182 g/mol. The second-order valence-electron chi connectivity index (χ2n) is 3.02. The van der Waals surface area contributed by atoms with Gasteiger partial charge in [0.1, 0.15) is 12.3 Å². The van der Waals surface area contributed by atoms with Crippen molar-refractivity contribution in [2.75, 3.05) is 0 Å². The minimum Gasteiger partial charge on any atom is -0.312 e. The normalized spacial score (nSPS) is 33.5. The Hall–Kier alpha value is -1.04. The molecule has 0 spiro atoms. The van der Waals surface area contributed by atoms with Gasteiger partial charge < -0.3 is 5.73 Å². The lowest BCUT2D eigenvalue weighted by atomic mass is 10.0. The summed E-state index contributed by atoms with van der Waals surface area (Å²) in [5.74, 6) is 0. The monoisotopic (exact) mass is 182 g/mol. The van der Waals surface area contributed by atoms with Gasteiger partial charge in [0.15, 0.2) is 0 Å². The molecule has 1 saturated heterocycles. The van der Waals surface area contributed by atoms with Crippen LogP contribution in [0.3, 0.4) is 0 Å². The highest BCUT2D eigenvalue weighted by Gasteiger charge is 2.34. The molecule has 3 atom stereocenters. The van der Waals surface area contributed by atoms with Crippen LogP contribution in [0.15, 0.2) is 24.5 Å². The highest BCUT2D eigenvalue weighted by Crippen LogP contribution is 2.22. The van der Waals surface area contributed by atoms with E-state index in [-0.39, 0.29) is 6.04 Å². The molecule has 2 rings (SSSR count). The number of pyridine rings is 1. The van der Waals surface area contributed by atoms with Gasteiger partial charge in [0.25, 0.3) is 0 Å². The fourth-order valence-electron chi connectivity index (χ4n) is 1.39. The quantitative estimate of drug-likeness (QED) is 0.565. The Bertz CT molecular complexity index is 279. The van der Waals surface area contributed by atoms with Crippen molar-refractivity contribution in [3.8, 4) is 0 Å². The number of hydrogen-bond donors (Lipinski definition) is 3. The van der Waals surface area contributed by atoms with Gasteiger partial charge in [-0.05, 0) is 17.7 Å². The van der Waals surface area contributed by atoms with Crippen LogP contribution in [0, 0.1) is 0 Å². The van der Waals surface area contributed by atoms with E-state index >= 15 is 0 Å². The van der Waals surface area contributed by atoms with Crippen molar-refractivity contribution in [3.05, 3.63) is 30.1 Å². The fourth-order valence-corrected chi connectivity index (χ4v) is 1.39. The molecule has 0 radical (unpaired) electrons. The number of nitrogens with one attached hydrogen (secondary N) is 2. The summed E-state index contributed by atoms with van der Waals surface area (Å²) in [6.45, 7) is 0. The molecule has 13 heavy (non-hydrogen) atoms. The lowest BCUT2D eigenvalue weighted by molar-refractivity contribution is 0.278. The predicted molar refractivity (Wildman–Crippen MR) is 46.1 cm³/mol. The van der Waals surface area contributed by atoms with Crippen LogP contribution >= 0.6 is 0 Å². The molecule has 3 unspecified atom stereocenters. The average Bonchev–Trinajstić information content (AvgIpc) is 2.49. The third-order valence-corrected chi connectivity index (χ3v) is 2.13. The Morgan fingerprint density at radius 2 is 2.00 bits per heavy atom. The number of nitrogens with zero attached hydrogens (tertiary/aromatic N) is 1. The summed E-state index contributed by atoms with van der Waals surface area (Å²) in [4.78, 5) is 3.86. The molecule has 1 aliphatic rings. The van der Waals surface area contributed by atoms with E-state index in [9.17, 15) is 4.39 Å². The maximum absolute atomic E-state index is 13.4. The first-order valence-electron chi connectivity index (χ1n) is 4.09. The number of aromatic nitrogens is 1. The van der Waals surface area contributed by atoms with Crippen molar-refractivity contribution in [1.82, 2.24) is 15.8 Å². The number of hydrogen-bond acceptors (Lipinski definition) is 4. The van der Waals surface area contributed by atoms with Gasteiger partial charge in [-0.15, -0.1) is 0 Å². The first-order chi connectivity index (χ1) is 6.29. The Morgan fingerprint density at radius 1 is 1.31 bits per heavy atom. The van der Waals surface area contributed by atoms with Gasteiger partial charge in [0.05, 0.1) is 6.04 Å². The number of halogens is 1. The molecule has 0 aromatic carbocycles. The SMILES string of the molecule is NC1NNC(c2ccncc2)C1F. The maximum atomic E-state index is 13.4. The summed E-state index contributed by atoms with van der Waals surface area (Å²) in [7, 11) is 0. The Kier molecular flexibility index (Phi) is 2.22. The molecule has 1 aromatic heterocycles. The molecule has 1 aliphatic heterocycles. The standard InChI is InChI=1S/C8H11FN4/c9-6-7(12-13-8(6)10)5-1-3-11-4-2-5/h1-4,6-8,12-13H,10H2. The van der Waals surface area contributed by atoms with Crippen LogP contribution in [0.2, 0.25) is 0 Å². The molecule has 1 aromatic rings. The van der Waals surface area contributed by atoms with Crippen molar-refractivity contribution in [1.29, 1.82) is 0 Å². The summed E-state index contributed by atoms with van der Waals surface area (Å²) in [6, 6.07) is 3.16. The zero-order valence-corrected chi connectivity index (χ0v) is 6.94. The fraction of sp³-hybridized carbons (Fsp3) is 0.375. The lowest BCUT2D eigenvalue weighted by Crippen LogP contribution is -2.39. The first-order valence-corrected chi connectivity index (χ1v) is 4.09. The molecule has 0 bridgehead atoms. The molecule has 0 saturated carbocycles. The number of rotatable bonds is 1. The summed E-state index contributed by atoms with van der Waals surface area (Å²) in [5.41, 5.74) is 11.7. The van der Waals surface area contributed by atoms with E-state index in [1.54, 1.807) is 24.5 Å². The largest absolute Gasteiger partial charge is 0.312 e. The topological polar surface area (TPSA) is 63.0 Å². The number of nitrogens with two attached hydrogens (primary N) is 1. The molecular weight excluding hydrogens is 171 g/mol. The molecule has 1 fully saturated rings. The summed E-state index contributed by atoms with van der Waals surface area (Å²) in [5, 5.41) is 0. The Balaban J connectivity index is 2.19. The Labute approximate surface area is 75.3 Å². The van der Waals surface area contributed by atoms with Crippen molar-refractivity contribution in [2.45, 2.75) is 18.4 Å². The van der Waals surface area contributed by atoms with Crippen molar-refractivity contribution >= 4 is 0 Å². The predicted octanol–water partition coefficient (Wildman–Crippen LogP) is -0.147. The highest BCUT2D eigenvalue weighted by molar-refractivity contribution is 5.18. The number of alkyl halides is 1. The van der Waals surface area contributed by atoms with Crippen LogP contribution in [0.4, 0.5) is 4.39 Å². The van der Waals surface area contributed by atoms with Crippen LogP contribution in [0.1, 0.15) is 11.6 Å². The zero-order chi connectivity index (χ0) is 9.26. The van der Waals surface area contributed by atoms with Gasteiger partial charge in [-0.25, -0.2) is 15.2 Å². The van der Waals surface area contributed by atoms with Crippen LogP contribution in [-0.4, -0.2) is 17.3 Å². The van der Waals surface area contributed by atoms with E-state index < -0.39 is 12.3 Å². The third-order valence-electron chi connectivity index (χ3n) is 2.13. The maximum Gasteiger partial charge on any atom is 0.150 e. The second-order valence-corrected chi connectivity index (χ2v) is 3.02. The summed E-state index contributed by atoms with van der Waals surface area (Å²) >= 11 is 0. The molecule has 0 aliphatic carbocycles. The third kappa shape index (κ3) is 1.53. The zero-order valence-electron chi connectivity index (χ0n) is 6.94. The molecular formula is C8H11FN4. The van der Waals surface area contributed by atoms with Gasteiger partial charge in [0, 0.05) is 12.4 Å². The second kappa shape index (κ2) is 3.37. The van der Waals surface area contributed by atoms with E-state index in [1.165, 1.54) is 0 Å². The summed E-state index contributed by atoms with van der Waals surface area (Å²) < 4.78 is 13.4. The van der Waals surface area contributed by atoms with Gasteiger partial charge >= 0.3 is 0 Å². The van der Waals surface area contributed by atoms with Crippen LogP contribution < -0.4 is 16.6 Å². The van der Waals surface area contributed by atoms with E-state index in [1.807, 2.05) is 0 Å². The smallest absolute Gasteiger partial charge is 0.150 e. The minimum absolute atomic E-state index is 0.377. The minimum atomic E-state index is -1.11. The molecule has 4 N–H and O–H groups in total. The Morgan fingerprint density at radius 3 is 2.54 bits per heavy atom. The van der Waals surface area contributed by atoms with Crippen LogP contribution in [0.25, 0.3) is 0 Å². The van der Waals surface area contributed by atoms with Crippen molar-refractivity contribution < 1.29 is 4.39 Å². The van der Waals surface area contributed by atoms with Gasteiger partial charge in [-0.3, -0.25) is 4.98 Å². The van der Waals surface area contributed by atoms with Gasteiger partial charge in [-0.1, -0.05) is 0 Å². The molecule has 4 nitrogen and oxygen atoms in total. The molecule has 0 amide bonds. The molecule has 5 heteroatoms. The lowest BCUT2D eigenvalue weighted by Gasteiger charge is -2.12. The van der Waals surface area contributed by atoms with E-state index in [4.69, 9.17) is 5.73 Å². The van der Waals surface area contributed by atoms with Crippen LogP contribution in [-0.2, 0) is 0 Å². The first kappa shape index (κ1) is 8.55. The molecule has 2 heterocycles. The highest BCUT2D eigenvalue weighted by atomic mass is 19.1. The van der Waals surface area contributed by atoms with Crippen molar-refractivity contribution in [2.24, 2.45) is 5.73 Å². The van der Waals surface area contributed by atoms with E-state index in [0.717, 1.165) is 5.56 Å². The van der Waals surface area contributed by atoms with Crippen molar-refractivity contribution in [3.63, 3.8) is 0 Å². The van der Waals surface area contributed by atoms with E-state index in [0.29, 0.717) is 0 Å². The van der Waals surface area contributed by atoms with Gasteiger partial charge in [0.2, 0.25) is 0 Å².